The molecule has 3 aromatic rings. The smallest absolute Gasteiger partial charge is 0.313 e. The molecule has 5 heterocycles. The highest BCUT2D eigenvalue weighted by Crippen LogP contribution is 2.53. The molecule has 7 atom stereocenters. The number of amides is 3. The van der Waals surface area contributed by atoms with Crippen molar-refractivity contribution in [2.45, 2.75) is 56.3 Å². The summed E-state index contributed by atoms with van der Waals surface area (Å²) >= 11 is 0. The number of fused-ring (bicyclic) bond motifs is 3. The molecule has 2 fully saturated rings. The van der Waals surface area contributed by atoms with Crippen LogP contribution < -0.4 is 5.32 Å². The van der Waals surface area contributed by atoms with Gasteiger partial charge in [0, 0.05) is 19.5 Å². The van der Waals surface area contributed by atoms with Crippen molar-refractivity contribution in [3.63, 3.8) is 0 Å². The van der Waals surface area contributed by atoms with Gasteiger partial charge in [-0.3, -0.25) is 19.2 Å². The molecule has 0 aliphatic carbocycles. The van der Waals surface area contributed by atoms with E-state index in [4.69, 9.17) is 9.47 Å². The van der Waals surface area contributed by atoms with Crippen LogP contribution in [0.4, 0.5) is 0 Å². The van der Waals surface area contributed by atoms with Crippen molar-refractivity contribution in [1.29, 1.82) is 0 Å². The zero-order valence-corrected chi connectivity index (χ0v) is 25.8. The SMILES string of the molecule is C[C@H]1NC(=O)CC/C=C\[C@H]2O[C@]34C=CCN(Cn5nnc6ccccc65)C(=O)[C@H]3N(CCO)C(=O)[C@@H]4[C@H]2C(=O)O[C@@H]1c1ccccc1. The summed E-state index contributed by atoms with van der Waals surface area (Å²) in [5, 5.41) is 21.4. The fourth-order valence-corrected chi connectivity index (χ4v) is 7.41. The topological polar surface area (TPSA) is 156 Å². The van der Waals surface area contributed by atoms with Gasteiger partial charge in [-0.1, -0.05) is 72.0 Å². The number of para-hydroxylation sites is 1. The molecule has 0 radical (unpaired) electrons. The lowest BCUT2D eigenvalue weighted by atomic mass is 9.77. The number of esters is 1. The number of β-amino-alcohol motifs (C(OH)–C–C–N with tert-alkyl or cyclic N) is 1. The van der Waals surface area contributed by atoms with Gasteiger partial charge in [0.2, 0.25) is 11.8 Å². The van der Waals surface area contributed by atoms with Crippen LogP contribution in [0, 0.1) is 11.8 Å². The van der Waals surface area contributed by atoms with E-state index in [0.717, 1.165) is 5.52 Å². The van der Waals surface area contributed by atoms with E-state index in [0.29, 0.717) is 17.5 Å². The summed E-state index contributed by atoms with van der Waals surface area (Å²) < 4.78 is 14.5. The normalized spacial score (nSPS) is 31.7. The summed E-state index contributed by atoms with van der Waals surface area (Å²) in [4.78, 5) is 58.7. The van der Waals surface area contributed by atoms with Crippen molar-refractivity contribution in [2.75, 3.05) is 19.7 Å². The standard InChI is InChI=1S/C34H36N6O7/c1-21-29(22-10-3-2-4-11-22)46-33(45)27-25(14-7-8-15-26(42)35-21)47-34-16-9-17-38(20-40-24-13-6-5-12-23(24)36-37-40)32(44)30(34)39(18-19-41)31(43)28(27)34/h2-7,9-14,16,21,25,27-30,41H,8,15,17-20H2,1H3,(H,35,42)/b14-7-/t21-,25-,27+,28+,29+,30-,34+/m1/s1. The minimum atomic E-state index is -1.51. The Kier molecular flexibility index (Phi) is 8.10. The second-order valence-corrected chi connectivity index (χ2v) is 12.4. The van der Waals surface area contributed by atoms with Crippen molar-refractivity contribution in [1.82, 2.24) is 30.1 Å². The molecule has 13 heteroatoms. The fourth-order valence-electron chi connectivity index (χ4n) is 7.41. The summed E-state index contributed by atoms with van der Waals surface area (Å²) in [6, 6.07) is 14.8. The van der Waals surface area contributed by atoms with Crippen LogP contribution in [0.2, 0.25) is 0 Å². The number of aromatic nitrogens is 3. The highest BCUT2D eigenvalue weighted by Gasteiger charge is 2.71. The number of ether oxygens (including phenoxy) is 2. The fraction of sp³-hybridized carbons (Fsp3) is 0.412. The number of carbonyl (C=O) groups is 4. The molecule has 13 nitrogen and oxygen atoms in total. The number of aliphatic hydroxyl groups excluding tert-OH is 1. The average Bonchev–Trinajstić information content (AvgIpc) is 3.66. The molecule has 4 aliphatic heterocycles. The third-order valence-electron chi connectivity index (χ3n) is 9.49. The van der Waals surface area contributed by atoms with Gasteiger partial charge in [0.05, 0.1) is 30.2 Å². The predicted octanol–water partition coefficient (Wildman–Crippen LogP) is 1.50. The molecule has 3 amide bonds. The Morgan fingerprint density at radius 2 is 1.81 bits per heavy atom. The van der Waals surface area contributed by atoms with Gasteiger partial charge in [-0.25, -0.2) is 4.68 Å². The predicted molar refractivity (Wildman–Crippen MR) is 167 cm³/mol. The van der Waals surface area contributed by atoms with E-state index in [1.807, 2.05) is 54.6 Å². The van der Waals surface area contributed by atoms with E-state index >= 15 is 0 Å². The monoisotopic (exact) mass is 640 g/mol. The number of likely N-dealkylation sites (tertiary alicyclic amines) is 1. The van der Waals surface area contributed by atoms with Crippen LogP contribution in [0.3, 0.4) is 0 Å². The Hall–Kier alpha value is -4.88. The second-order valence-electron chi connectivity index (χ2n) is 12.4. The first kappa shape index (κ1) is 30.8. The molecule has 244 valence electrons. The molecule has 47 heavy (non-hydrogen) atoms. The van der Waals surface area contributed by atoms with E-state index in [1.54, 1.807) is 40.8 Å². The molecule has 4 aliphatic rings. The number of benzene rings is 2. The van der Waals surface area contributed by atoms with Crippen molar-refractivity contribution < 1.29 is 33.8 Å². The zero-order valence-electron chi connectivity index (χ0n) is 25.8. The maximum atomic E-state index is 14.5. The molecule has 1 spiro atoms. The van der Waals surface area contributed by atoms with Gasteiger partial charge in [0.15, 0.2) is 0 Å². The van der Waals surface area contributed by atoms with Gasteiger partial charge in [-0.15, -0.1) is 5.10 Å². The number of hydrogen-bond acceptors (Lipinski definition) is 9. The summed E-state index contributed by atoms with van der Waals surface area (Å²) in [6.07, 6.45) is 5.80. The highest BCUT2D eigenvalue weighted by atomic mass is 16.6. The Morgan fingerprint density at radius 1 is 1.02 bits per heavy atom. The minimum absolute atomic E-state index is 0.0641. The number of allylic oxidation sites excluding steroid dienone is 1. The number of nitrogens with zero attached hydrogens (tertiary/aromatic N) is 5. The Morgan fingerprint density at radius 3 is 2.62 bits per heavy atom. The van der Waals surface area contributed by atoms with Crippen LogP contribution in [0.1, 0.15) is 31.4 Å². The molecule has 2 aromatic carbocycles. The van der Waals surface area contributed by atoms with Gasteiger partial charge in [0.25, 0.3) is 5.91 Å². The largest absolute Gasteiger partial charge is 0.455 e. The second kappa shape index (κ2) is 12.4. The summed E-state index contributed by atoms with van der Waals surface area (Å²) in [5.74, 6) is -3.94. The number of hydrogen-bond donors (Lipinski definition) is 2. The third kappa shape index (κ3) is 5.28. The van der Waals surface area contributed by atoms with Crippen LogP contribution >= 0.6 is 0 Å². The number of aliphatic hydroxyl groups is 1. The summed E-state index contributed by atoms with van der Waals surface area (Å²) in [5.41, 5.74) is 0.598. The molecule has 0 bridgehead atoms. The first-order valence-electron chi connectivity index (χ1n) is 15.9. The van der Waals surface area contributed by atoms with Gasteiger partial charge in [0.1, 0.15) is 35.9 Å². The maximum Gasteiger partial charge on any atom is 0.313 e. The van der Waals surface area contributed by atoms with Crippen molar-refractivity contribution in [2.24, 2.45) is 11.8 Å². The Balaban J connectivity index is 1.27. The van der Waals surface area contributed by atoms with Gasteiger partial charge < -0.3 is 29.7 Å². The van der Waals surface area contributed by atoms with E-state index in [2.05, 4.69) is 15.6 Å². The summed E-state index contributed by atoms with van der Waals surface area (Å²) in [6.45, 7) is 1.52. The quantitative estimate of drug-likeness (QED) is 0.312. The highest BCUT2D eigenvalue weighted by molar-refractivity contribution is 5.99. The van der Waals surface area contributed by atoms with Crippen molar-refractivity contribution in [3.05, 3.63) is 84.5 Å². The van der Waals surface area contributed by atoms with E-state index in [1.165, 1.54) is 4.90 Å². The molecule has 2 saturated heterocycles. The van der Waals surface area contributed by atoms with Crippen LogP contribution in [0.15, 0.2) is 78.9 Å². The van der Waals surface area contributed by atoms with Gasteiger partial charge >= 0.3 is 5.97 Å². The van der Waals surface area contributed by atoms with Crippen LogP contribution in [-0.2, 0) is 35.3 Å². The first-order chi connectivity index (χ1) is 22.8. The number of carbonyl (C=O) groups excluding carboxylic acids is 4. The molecule has 7 rings (SSSR count). The lowest BCUT2D eigenvalue weighted by molar-refractivity contribution is -0.161. The van der Waals surface area contributed by atoms with Gasteiger partial charge in [-0.05, 0) is 31.0 Å². The lowest BCUT2D eigenvalue weighted by Crippen LogP contribution is -2.55. The Labute approximate surface area is 270 Å². The molecular weight excluding hydrogens is 604 g/mol. The molecule has 0 saturated carbocycles. The molecule has 2 N–H and O–H groups in total. The van der Waals surface area contributed by atoms with E-state index in [-0.39, 0.29) is 38.7 Å². The van der Waals surface area contributed by atoms with Crippen LogP contribution in [0.25, 0.3) is 11.0 Å². The Bertz CT molecular complexity index is 1760. The molecule has 0 unspecified atom stereocenters. The lowest BCUT2D eigenvalue weighted by Gasteiger charge is -2.35. The zero-order chi connectivity index (χ0) is 32.7. The van der Waals surface area contributed by atoms with Crippen LogP contribution in [-0.4, -0.2) is 97.1 Å². The average molecular weight is 641 g/mol. The van der Waals surface area contributed by atoms with Crippen molar-refractivity contribution >= 4 is 34.7 Å². The summed E-state index contributed by atoms with van der Waals surface area (Å²) in [7, 11) is 0. The minimum Gasteiger partial charge on any atom is -0.455 e. The third-order valence-corrected chi connectivity index (χ3v) is 9.49. The number of cyclic esters (lactones) is 1. The molecular formula is C34H36N6O7. The van der Waals surface area contributed by atoms with E-state index in [9.17, 15) is 24.3 Å². The van der Waals surface area contributed by atoms with Crippen LogP contribution in [0.5, 0.6) is 0 Å². The number of rotatable bonds is 5. The van der Waals surface area contributed by atoms with Gasteiger partial charge in [-0.2, -0.15) is 0 Å². The van der Waals surface area contributed by atoms with E-state index < -0.39 is 59.5 Å². The molecule has 1 aromatic heterocycles. The number of nitrogens with one attached hydrogen (secondary N) is 1. The van der Waals surface area contributed by atoms with Crippen molar-refractivity contribution in [3.8, 4) is 0 Å². The maximum absolute atomic E-state index is 14.5. The first-order valence-corrected chi connectivity index (χ1v) is 15.9.